The topological polar surface area (TPSA) is 84.3 Å². The number of thiophene rings is 1. The van der Waals surface area contributed by atoms with E-state index in [0.29, 0.717) is 24.3 Å². The molecule has 0 unspecified atom stereocenters. The SMILES string of the molecule is CCNc1cc(C(=O)NCc2cccs2)ccc1[N+](=O)[O-]. The third-order valence-electron chi connectivity index (χ3n) is 2.83. The van der Waals surface area contributed by atoms with Crippen LogP contribution in [0.3, 0.4) is 0 Å². The van der Waals surface area contributed by atoms with Crippen LogP contribution in [0.2, 0.25) is 0 Å². The normalized spacial score (nSPS) is 10.1. The first-order valence-corrected chi connectivity index (χ1v) is 7.32. The van der Waals surface area contributed by atoms with E-state index in [0.717, 1.165) is 4.88 Å². The van der Waals surface area contributed by atoms with Gasteiger partial charge in [-0.05, 0) is 30.5 Å². The summed E-state index contributed by atoms with van der Waals surface area (Å²) in [6, 6.07) is 8.17. The summed E-state index contributed by atoms with van der Waals surface area (Å²) in [5, 5.41) is 18.6. The van der Waals surface area contributed by atoms with Crippen molar-refractivity contribution < 1.29 is 9.72 Å². The minimum absolute atomic E-state index is 0.0355. The molecule has 0 spiro atoms. The average Bonchev–Trinajstić information content (AvgIpc) is 2.98. The molecule has 110 valence electrons. The van der Waals surface area contributed by atoms with Gasteiger partial charge in [0.25, 0.3) is 11.6 Å². The van der Waals surface area contributed by atoms with Crippen LogP contribution >= 0.6 is 11.3 Å². The molecule has 2 N–H and O–H groups in total. The highest BCUT2D eigenvalue weighted by Gasteiger charge is 2.16. The Balaban J connectivity index is 2.13. The molecule has 0 aliphatic rings. The van der Waals surface area contributed by atoms with E-state index in [2.05, 4.69) is 10.6 Å². The number of hydrogen-bond acceptors (Lipinski definition) is 5. The highest BCUT2D eigenvalue weighted by molar-refractivity contribution is 7.09. The van der Waals surface area contributed by atoms with Gasteiger partial charge >= 0.3 is 0 Å². The molecule has 0 bridgehead atoms. The number of nitro benzene ring substituents is 1. The largest absolute Gasteiger partial charge is 0.380 e. The fourth-order valence-electron chi connectivity index (χ4n) is 1.85. The summed E-state index contributed by atoms with van der Waals surface area (Å²) in [7, 11) is 0. The first kappa shape index (κ1) is 15.0. The lowest BCUT2D eigenvalue weighted by atomic mass is 10.1. The molecular formula is C14H15N3O3S. The number of anilines is 1. The fourth-order valence-corrected chi connectivity index (χ4v) is 2.50. The van der Waals surface area contributed by atoms with Crippen molar-refractivity contribution >= 4 is 28.6 Å². The van der Waals surface area contributed by atoms with E-state index in [9.17, 15) is 14.9 Å². The summed E-state index contributed by atoms with van der Waals surface area (Å²) in [5.41, 5.74) is 0.714. The second kappa shape index (κ2) is 6.85. The summed E-state index contributed by atoms with van der Waals surface area (Å²) in [4.78, 5) is 23.6. The molecule has 0 radical (unpaired) electrons. The Labute approximate surface area is 126 Å². The first-order chi connectivity index (χ1) is 10.1. The van der Waals surface area contributed by atoms with Gasteiger partial charge in [0, 0.05) is 23.1 Å². The summed E-state index contributed by atoms with van der Waals surface area (Å²) < 4.78 is 0. The van der Waals surface area contributed by atoms with Crippen molar-refractivity contribution in [3.05, 3.63) is 56.3 Å². The number of hydrogen-bond donors (Lipinski definition) is 2. The van der Waals surface area contributed by atoms with E-state index >= 15 is 0 Å². The highest BCUT2D eigenvalue weighted by atomic mass is 32.1. The van der Waals surface area contributed by atoms with E-state index < -0.39 is 4.92 Å². The second-order valence-corrected chi connectivity index (χ2v) is 5.31. The molecule has 1 aromatic carbocycles. The van der Waals surface area contributed by atoms with Gasteiger partial charge in [-0.1, -0.05) is 6.07 Å². The Morgan fingerprint density at radius 3 is 2.81 bits per heavy atom. The third-order valence-corrected chi connectivity index (χ3v) is 3.70. The standard InChI is InChI=1S/C14H15N3O3S/c1-2-15-12-8-10(5-6-13(12)17(19)20)14(18)16-9-11-4-3-7-21-11/h3-8,15H,2,9H2,1H3,(H,16,18). The zero-order chi connectivity index (χ0) is 15.2. The molecule has 1 heterocycles. The second-order valence-electron chi connectivity index (χ2n) is 4.28. The van der Waals surface area contributed by atoms with Crippen LogP contribution in [0.5, 0.6) is 0 Å². The molecule has 2 rings (SSSR count). The average molecular weight is 305 g/mol. The van der Waals surface area contributed by atoms with E-state index in [1.54, 1.807) is 11.3 Å². The van der Waals surface area contributed by atoms with Gasteiger partial charge < -0.3 is 10.6 Å². The van der Waals surface area contributed by atoms with Gasteiger partial charge in [0.1, 0.15) is 5.69 Å². The number of carbonyl (C=O) groups excluding carboxylic acids is 1. The minimum atomic E-state index is -0.467. The molecule has 0 aliphatic carbocycles. The molecule has 0 saturated heterocycles. The molecule has 1 aromatic heterocycles. The quantitative estimate of drug-likeness (QED) is 0.634. The number of benzene rings is 1. The number of amides is 1. The van der Waals surface area contributed by atoms with Crippen molar-refractivity contribution in [1.82, 2.24) is 5.32 Å². The van der Waals surface area contributed by atoms with Crippen LogP contribution in [0, 0.1) is 10.1 Å². The Hall–Kier alpha value is -2.41. The Morgan fingerprint density at radius 2 is 2.19 bits per heavy atom. The molecule has 2 aromatic rings. The maximum Gasteiger partial charge on any atom is 0.292 e. The predicted molar refractivity (Wildman–Crippen MR) is 82.7 cm³/mol. The lowest BCUT2D eigenvalue weighted by Crippen LogP contribution is -2.22. The fraction of sp³-hybridized carbons (Fsp3) is 0.214. The molecular weight excluding hydrogens is 290 g/mol. The van der Waals surface area contributed by atoms with Gasteiger partial charge in [0.05, 0.1) is 11.5 Å². The van der Waals surface area contributed by atoms with Crippen molar-refractivity contribution in [2.45, 2.75) is 13.5 Å². The molecule has 0 aliphatic heterocycles. The van der Waals surface area contributed by atoms with Gasteiger partial charge in [0.2, 0.25) is 0 Å². The number of nitrogens with one attached hydrogen (secondary N) is 2. The number of rotatable bonds is 6. The van der Waals surface area contributed by atoms with Crippen LogP contribution in [-0.4, -0.2) is 17.4 Å². The molecule has 1 amide bonds. The van der Waals surface area contributed by atoms with Crippen LogP contribution in [0.25, 0.3) is 0 Å². The Morgan fingerprint density at radius 1 is 1.38 bits per heavy atom. The van der Waals surface area contributed by atoms with Crippen molar-refractivity contribution in [2.75, 3.05) is 11.9 Å². The van der Waals surface area contributed by atoms with Crippen molar-refractivity contribution in [2.24, 2.45) is 0 Å². The maximum atomic E-state index is 12.1. The van der Waals surface area contributed by atoms with Crippen LogP contribution < -0.4 is 10.6 Å². The molecule has 21 heavy (non-hydrogen) atoms. The van der Waals surface area contributed by atoms with Gasteiger partial charge in [-0.25, -0.2) is 0 Å². The predicted octanol–water partition coefficient (Wildman–Crippen LogP) is 3.02. The van der Waals surface area contributed by atoms with Gasteiger partial charge in [0.15, 0.2) is 0 Å². The highest BCUT2D eigenvalue weighted by Crippen LogP contribution is 2.25. The lowest BCUT2D eigenvalue weighted by Gasteiger charge is -2.08. The summed E-state index contributed by atoms with van der Waals surface area (Å²) >= 11 is 1.56. The molecule has 6 nitrogen and oxygen atoms in total. The Bertz CT molecular complexity index is 641. The monoisotopic (exact) mass is 305 g/mol. The number of nitrogens with zero attached hydrogens (tertiary/aromatic N) is 1. The zero-order valence-corrected chi connectivity index (χ0v) is 12.3. The molecule has 0 atom stereocenters. The van der Waals surface area contributed by atoms with E-state index in [1.807, 2.05) is 24.4 Å². The zero-order valence-electron chi connectivity index (χ0n) is 11.5. The summed E-state index contributed by atoms with van der Waals surface area (Å²) in [6.45, 7) is 2.83. The minimum Gasteiger partial charge on any atom is -0.380 e. The lowest BCUT2D eigenvalue weighted by molar-refractivity contribution is -0.384. The maximum absolute atomic E-state index is 12.1. The van der Waals surface area contributed by atoms with Gasteiger partial charge in [-0.3, -0.25) is 14.9 Å². The number of nitro groups is 1. The number of carbonyl (C=O) groups is 1. The summed E-state index contributed by atoms with van der Waals surface area (Å²) in [5.74, 6) is -0.252. The summed E-state index contributed by atoms with van der Waals surface area (Å²) in [6.07, 6.45) is 0. The van der Waals surface area contributed by atoms with E-state index in [4.69, 9.17) is 0 Å². The van der Waals surface area contributed by atoms with Crippen LogP contribution in [0.4, 0.5) is 11.4 Å². The smallest absolute Gasteiger partial charge is 0.292 e. The molecule has 0 fully saturated rings. The molecule has 7 heteroatoms. The Kier molecular flexibility index (Phi) is 4.89. The third kappa shape index (κ3) is 3.79. The van der Waals surface area contributed by atoms with Crippen molar-refractivity contribution in [3.63, 3.8) is 0 Å². The van der Waals surface area contributed by atoms with Gasteiger partial charge in [-0.2, -0.15) is 0 Å². The van der Waals surface area contributed by atoms with Crippen LogP contribution in [-0.2, 0) is 6.54 Å². The van der Waals surface area contributed by atoms with E-state index in [-0.39, 0.29) is 11.6 Å². The van der Waals surface area contributed by atoms with E-state index in [1.165, 1.54) is 18.2 Å². The first-order valence-electron chi connectivity index (χ1n) is 6.44. The van der Waals surface area contributed by atoms with Gasteiger partial charge in [-0.15, -0.1) is 11.3 Å². The molecule has 0 saturated carbocycles. The van der Waals surface area contributed by atoms with Crippen molar-refractivity contribution in [1.29, 1.82) is 0 Å². The van der Waals surface area contributed by atoms with Crippen LogP contribution in [0.15, 0.2) is 35.7 Å². The van der Waals surface area contributed by atoms with Crippen LogP contribution in [0.1, 0.15) is 22.2 Å². The van der Waals surface area contributed by atoms with Crippen molar-refractivity contribution in [3.8, 4) is 0 Å².